The van der Waals surface area contributed by atoms with Crippen molar-refractivity contribution in [3.63, 3.8) is 0 Å². The number of hydrogen-bond acceptors (Lipinski definition) is 16. The van der Waals surface area contributed by atoms with E-state index in [-0.39, 0.29) is 133 Å². The summed E-state index contributed by atoms with van der Waals surface area (Å²) in [5.41, 5.74) is 0. The Morgan fingerprint density at radius 3 is 0.631 bits per heavy atom. The first-order valence-corrected chi connectivity index (χ1v) is 26.4. The van der Waals surface area contributed by atoms with Crippen molar-refractivity contribution in [1.82, 2.24) is 42.5 Å². The summed E-state index contributed by atoms with van der Waals surface area (Å²) in [6.45, 7) is 21.2. The molecule has 16 nitrogen and oxygen atoms in total. The van der Waals surface area contributed by atoms with Crippen LogP contribution in [0.3, 0.4) is 0 Å². The molecule has 24 unspecified atom stereocenters. The van der Waals surface area contributed by atoms with Gasteiger partial charge in [-0.2, -0.15) is 0 Å². The molecule has 0 amide bonds. The summed E-state index contributed by atoms with van der Waals surface area (Å²) >= 11 is 0. The van der Waals surface area contributed by atoms with Crippen molar-refractivity contribution in [3.05, 3.63) is 0 Å². The zero-order valence-electron chi connectivity index (χ0n) is 40.4. The molecule has 17 heteroatoms. The average Bonchev–Trinajstić information content (AvgIpc) is 4.04. The maximum absolute atomic E-state index is 6.94. The number of ether oxygens (including phenoxy) is 8. The third kappa shape index (κ3) is 9.71. The van der Waals surface area contributed by atoms with Crippen molar-refractivity contribution in [2.24, 2.45) is 47.3 Å². The van der Waals surface area contributed by atoms with Gasteiger partial charge >= 0.3 is 0 Å². The highest BCUT2D eigenvalue weighted by Crippen LogP contribution is 2.49. The molecule has 0 radical (unpaired) electrons. The molecular weight excluding hydrogens is 845 g/mol. The highest BCUT2D eigenvalue weighted by molar-refractivity contribution is 5.75. The third-order valence-electron chi connectivity index (χ3n) is 17.1. The first kappa shape index (κ1) is 50.9. The second kappa shape index (κ2) is 23.2. The van der Waals surface area contributed by atoms with Crippen LogP contribution in [0.2, 0.25) is 0 Å². The Morgan fingerprint density at radius 1 is 0.262 bits per heavy atom. The zero-order chi connectivity index (χ0) is 44.5. The van der Waals surface area contributed by atoms with E-state index in [9.17, 15) is 0 Å². The molecule has 0 aromatic carbocycles. The molecule has 9 fully saturated rings. The minimum atomic E-state index is -0.311. The van der Waals surface area contributed by atoms with Crippen LogP contribution >= 0.6 is 0 Å². The monoisotopic (exact) mass is 937 g/mol. The lowest BCUT2D eigenvalue weighted by Gasteiger charge is -2.51. The molecule has 24 atom stereocenters. The minimum Gasteiger partial charge on any atom is -0.375 e. The quantitative estimate of drug-likeness (QED) is 0.104. The van der Waals surface area contributed by atoms with Crippen molar-refractivity contribution >= 4 is 11.0 Å². The maximum atomic E-state index is 6.94. The van der Waals surface area contributed by atoms with Gasteiger partial charge in [0.1, 0.15) is 24.4 Å². The summed E-state index contributed by atoms with van der Waals surface area (Å²) in [6.07, 6.45) is 7.91. The summed E-state index contributed by atoms with van der Waals surface area (Å²) in [5.74, 6) is 2.07. The van der Waals surface area contributed by atoms with E-state index in [0.717, 1.165) is 0 Å². The Labute approximate surface area is 395 Å². The molecule has 8 bridgehead atoms. The van der Waals surface area contributed by atoms with Crippen LogP contribution in [0.5, 0.6) is 0 Å². The molecule has 9 aliphatic rings. The van der Waals surface area contributed by atoms with Gasteiger partial charge in [0.2, 0.25) is 0 Å². The Kier molecular flexibility index (Phi) is 18.2. The van der Waals surface area contributed by atoms with Crippen LogP contribution in [-0.4, -0.2) is 162 Å². The fourth-order valence-electron chi connectivity index (χ4n) is 15.1. The number of nitrogens with one attached hydrogen (secondary N) is 8. The van der Waals surface area contributed by atoms with Crippen molar-refractivity contribution in [2.45, 2.75) is 205 Å². The van der Waals surface area contributed by atoms with Crippen LogP contribution in [0.25, 0.3) is 0 Å². The highest BCUT2D eigenvalue weighted by Gasteiger charge is 2.65. The van der Waals surface area contributed by atoms with E-state index in [0.29, 0.717) is 76.5 Å². The molecule has 5 aliphatic heterocycles. The molecule has 0 spiro atoms. The van der Waals surface area contributed by atoms with Crippen molar-refractivity contribution in [2.75, 3.05) is 52.9 Å². The number of rotatable bonds is 16. The lowest BCUT2D eigenvalue weighted by Crippen LogP contribution is -2.67. The first-order valence-electron chi connectivity index (χ1n) is 26.4. The van der Waals surface area contributed by atoms with Gasteiger partial charge in [0.15, 0.2) is 0 Å². The van der Waals surface area contributed by atoms with Gasteiger partial charge in [-0.15, -0.1) is 0 Å². The van der Waals surface area contributed by atoms with Gasteiger partial charge in [0.25, 0.3) is 0 Å². The van der Waals surface area contributed by atoms with Gasteiger partial charge in [-0.3, -0.25) is 42.5 Å². The van der Waals surface area contributed by atoms with Crippen LogP contribution in [0.15, 0.2) is 0 Å². The summed E-state index contributed by atoms with van der Waals surface area (Å²) in [4.78, 5) is 0. The Hall–Kier alpha value is -0.423. The van der Waals surface area contributed by atoms with E-state index in [1.807, 2.05) is 0 Å². The van der Waals surface area contributed by atoms with E-state index >= 15 is 0 Å². The molecule has 0 aromatic heterocycles. The molecule has 65 heavy (non-hydrogen) atoms. The summed E-state index contributed by atoms with van der Waals surface area (Å²) in [5, 5.41) is 34.1. The third-order valence-corrected chi connectivity index (χ3v) is 17.1. The molecule has 376 valence electrons. The summed E-state index contributed by atoms with van der Waals surface area (Å²) < 4.78 is 54.6. The van der Waals surface area contributed by atoms with Gasteiger partial charge in [-0.25, -0.2) is 0 Å². The van der Waals surface area contributed by atoms with Crippen molar-refractivity contribution in [3.8, 4) is 0 Å². The predicted octanol–water partition coefficient (Wildman–Crippen LogP) is 1.27. The van der Waals surface area contributed by atoms with Crippen LogP contribution in [-0.2, 0) is 37.9 Å². The SMILES string of the molecule is CCOC1C(OCC)C(OCC)C2C3NC(NC4NC(NC5NC(NC6NC(N3)C3C(OCC)C(OCC)C(OCC)C(OCC)C63)C3CCCCC53)C3CCCCC43)C2C1OCC.[SiH4]. The Balaban J connectivity index is 0.00000576. The number of fused-ring (bicyclic) bond motifs is 20. The van der Waals surface area contributed by atoms with Gasteiger partial charge in [-0.05, 0) is 116 Å². The zero-order valence-corrected chi connectivity index (χ0v) is 40.4. The Bertz CT molecular complexity index is 1370. The van der Waals surface area contributed by atoms with Crippen molar-refractivity contribution < 1.29 is 37.9 Å². The smallest absolute Gasteiger partial charge is 0.113 e. The molecule has 5 heterocycles. The normalized spacial score (nSPS) is 49.1. The van der Waals surface area contributed by atoms with Gasteiger partial charge in [0.05, 0.1) is 73.7 Å². The van der Waals surface area contributed by atoms with E-state index in [4.69, 9.17) is 37.9 Å². The fraction of sp³-hybridized carbons (Fsp3) is 1.00. The molecule has 4 aliphatic carbocycles. The second-order valence-electron chi connectivity index (χ2n) is 20.0. The molecule has 5 saturated heterocycles. The lowest BCUT2D eigenvalue weighted by atomic mass is 9.70. The molecule has 4 saturated carbocycles. The number of hydrogen-bond donors (Lipinski definition) is 8. The van der Waals surface area contributed by atoms with Crippen molar-refractivity contribution in [1.29, 1.82) is 0 Å². The van der Waals surface area contributed by atoms with Crippen LogP contribution in [0, 0.1) is 47.3 Å². The molecule has 0 aromatic rings. The second-order valence-corrected chi connectivity index (χ2v) is 20.0. The highest BCUT2D eigenvalue weighted by atomic mass is 28.1. The van der Waals surface area contributed by atoms with Crippen LogP contribution in [0.1, 0.15) is 107 Å². The van der Waals surface area contributed by atoms with Gasteiger partial charge in [-0.1, -0.05) is 25.7 Å². The van der Waals surface area contributed by atoms with Gasteiger partial charge < -0.3 is 37.9 Å². The van der Waals surface area contributed by atoms with E-state index in [1.54, 1.807) is 0 Å². The lowest BCUT2D eigenvalue weighted by molar-refractivity contribution is -0.238. The van der Waals surface area contributed by atoms with Crippen LogP contribution < -0.4 is 42.5 Å². The van der Waals surface area contributed by atoms with E-state index in [1.165, 1.54) is 51.4 Å². The summed E-state index contributed by atoms with van der Waals surface area (Å²) in [7, 11) is 0. The molecular formula is C48H92N8O8Si. The fourth-order valence-corrected chi connectivity index (χ4v) is 15.1. The summed E-state index contributed by atoms with van der Waals surface area (Å²) in [6, 6.07) is 0. The topological polar surface area (TPSA) is 170 Å². The van der Waals surface area contributed by atoms with E-state index < -0.39 is 0 Å². The maximum Gasteiger partial charge on any atom is 0.113 e. The first-order chi connectivity index (χ1) is 31.4. The standard InChI is InChI=1S/C48H88N8O8.H4Si/c1-9-57-33-29-31(35(59-11-3)39(63-15-7)37(33)61-13-5)47-54-45(29)52-43-27-23-19-17-21-25(27)41(50-43)49-42-26-22-18-20-24-28(26)44(51-42)53-46-30-32(48(55-46)56-47)36(60-12-4)40(64-16-8)38(62-14-6)34(30)58-10-2;/h25-56H,9-24H2,1-8H3;1H4. The molecule has 9 rings (SSSR count). The average molecular weight is 937 g/mol. The molecule has 8 N–H and O–H groups in total. The van der Waals surface area contributed by atoms with E-state index in [2.05, 4.69) is 97.9 Å². The predicted molar refractivity (Wildman–Crippen MR) is 255 cm³/mol. The Morgan fingerprint density at radius 2 is 0.431 bits per heavy atom. The van der Waals surface area contributed by atoms with Gasteiger partial charge in [0, 0.05) is 76.5 Å². The largest absolute Gasteiger partial charge is 0.375 e. The van der Waals surface area contributed by atoms with Crippen LogP contribution in [0.4, 0.5) is 0 Å². The minimum absolute atomic E-state index is 0.